The van der Waals surface area contributed by atoms with Crippen LogP contribution in [0.5, 0.6) is 0 Å². The number of rotatable bonds is 4. The number of halogens is 1. The molecule has 2 atom stereocenters. The maximum atomic E-state index is 11.8. The largest absolute Gasteiger partial charge is 0.479 e. The van der Waals surface area contributed by atoms with E-state index in [2.05, 4.69) is 0 Å². The van der Waals surface area contributed by atoms with Crippen molar-refractivity contribution >= 4 is 29.0 Å². The zero-order chi connectivity index (χ0) is 13.2. The number of nitrogen functional groups attached to an aromatic ring is 1. The molecule has 0 aromatic heterocycles. The summed E-state index contributed by atoms with van der Waals surface area (Å²) in [6, 6.07) is 4.25. The van der Waals surface area contributed by atoms with E-state index in [1.54, 1.807) is 0 Å². The molecule has 0 saturated heterocycles. The number of aliphatic hydroxyl groups excluding tert-OH is 1. The summed E-state index contributed by atoms with van der Waals surface area (Å²) in [5.41, 5.74) is 5.63. The van der Waals surface area contributed by atoms with Crippen LogP contribution in [0.1, 0.15) is 28.9 Å². The number of anilines is 1. The van der Waals surface area contributed by atoms with Gasteiger partial charge < -0.3 is 15.9 Å². The molecule has 0 aliphatic heterocycles. The Morgan fingerprint density at radius 1 is 1.41 bits per heavy atom. The minimum absolute atomic E-state index is 0.0371. The number of hydrogen-bond acceptors (Lipinski definition) is 4. The Morgan fingerprint density at radius 3 is 2.47 bits per heavy atom. The van der Waals surface area contributed by atoms with Gasteiger partial charge in [-0.05, 0) is 13.0 Å². The number of nitrogens with two attached hydrogens (primary N) is 1. The third kappa shape index (κ3) is 2.75. The zero-order valence-electron chi connectivity index (χ0n) is 9.05. The van der Waals surface area contributed by atoms with E-state index in [4.69, 9.17) is 22.4 Å². The summed E-state index contributed by atoms with van der Waals surface area (Å²) in [5, 5.41) is 17.4. The number of carboxylic acid groups (broad SMARTS) is 1. The quantitative estimate of drug-likeness (QED) is 0.427. The van der Waals surface area contributed by atoms with Crippen LogP contribution in [-0.2, 0) is 4.79 Å². The molecule has 5 nitrogen and oxygen atoms in total. The summed E-state index contributed by atoms with van der Waals surface area (Å²) in [4.78, 5) is 22.5. The van der Waals surface area contributed by atoms with E-state index in [0.717, 1.165) is 0 Å². The molecule has 0 aliphatic rings. The molecule has 0 spiro atoms. The van der Waals surface area contributed by atoms with Crippen LogP contribution in [0.3, 0.4) is 0 Å². The molecule has 1 aromatic rings. The standard InChI is InChI=1S/C11H12ClNO4/c1-5(12)9(14)8-6(10(15)11(16)17)3-2-4-7(8)13/h2-5,10,15H,13H2,1H3,(H,16,17). The van der Waals surface area contributed by atoms with Gasteiger partial charge in [-0.15, -0.1) is 11.6 Å². The Hall–Kier alpha value is -1.59. The predicted octanol–water partition coefficient (Wildman–Crippen LogP) is 1.20. The van der Waals surface area contributed by atoms with Crippen LogP contribution < -0.4 is 5.73 Å². The summed E-state index contributed by atoms with van der Waals surface area (Å²) in [7, 11) is 0. The summed E-state index contributed by atoms with van der Waals surface area (Å²) in [6.45, 7) is 1.45. The van der Waals surface area contributed by atoms with Crippen LogP contribution in [0.2, 0.25) is 0 Å². The summed E-state index contributed by atoms with van der Waals surface area (Å²) in [5.74, 6) is -1.97. The Morgan fingerprint density at radius 2 is 2.00 bits per heavy atom. The van der Waals surface area contributed by atoms with Gasteiger partial charge in [0.25, 0.3) is 0 Å². The van der Waals surface area contributed by atoms with Gasteiger partial charge in [0.2, 0.25) is 0 Å². The van der Waals surface area contributed by atoms with Crippen molar-refractivity contribution in [2.24, 2.45) is 0 Å². The highest BCUT2D eigenvalue weighted by Crippen LogP contribution is 2.26. The average molecular weight is 258 g/mol. The molecule has 0 bridgehead atoms. The van der Waals surface area contributed by atoms with Crippen LogP contribution in [0.15, 0.2) is 18.2 Å². The minimum atomic E-state index is -1.80. The monoisotopic (exact) mass is 257 g/mol. The first kappa shape index (κ1) is 13.5. The minimum Gasteiger partial charge on any atom is -0.479 e. The van der Waals surface area contributed by atoms with Gasteiger partial charge in [0, 0.05) is 16.8 Å². The Bertz CT molecular complexity index is 459. The smallest absolute Gasteiger partial charge is 0.337 e. The van der Waals surface area contributed by atoms with E-state index in [1.165, 1.54) is 25.1 Å². The first-order chi connectivity index (χ1) is 7.86. The van der Waals surface area contributed by atoms with Crippen molar-refractivity contribution in [1.29, 1.82) is 0 Å². The lowest BCUT2D eigenvalue weighted by molar-refractivity contribution is -0.146. The van der Waals surface area contributed by atoms with Gasteiger partial charge in [-0.25, -0.2) is 4.79 Å². The number of aliphatic hydroxyl groups is 1. The molecule has 0 amide bonds. The number of carboxylic acids is 1. The van der Waals surface area contributed by atoms with Crippen molar-refractivity contribution in [3.8, 4) is 0 Å². The number of alkyl halides is 1. The number of aliphatic carboxylic acids is 1. The fraction of sp³-hybridized carbons (Fsp3) is 0.273. The number of hydrogen-bond donors (Lipinski definition) is 3. The summed E-state index contributed by atoms with van der Waals surface area (Å²) in [6.07, 6.45) is -1.80. The van der Waals surface area contributed by atoms with Crippen LogP contribution >= 0.6 is 11.6 Å². The first-order valence-electron chi connectivity index (χ1n) is 4.83. The zero-order valence-corrected chi connectivity index (χ0v) is 9.81. The molecule has 0 fully saturated rings. The summed E-state index contributed by atoms with van der Waals surface area (Å²) >= 11 is 5.66. The maximum absolute atomic E-state index is 11.8. The Kier molecular flexibility index (Phi) is 4.09. The first-order valence-corrected chi connectivity index (χ1v) is 5.27. The lowest BCUT2D eigenvalue weighted by Gasteiger charge is -2.14. The highest BCUT2D eigenvalue weighted by molar-refractivity contribution is 6.34. The van der Waals surface area contributed by atoms with Gasteiger partial charge in [0.05, 0.1) is 5.38 Å². The maximum Gasteiger partial charge on any atom is 0.337 e. The normalized spacial score (nSPS) is 14.1. The highest BCUT2D eigenvalue weighted by Gasteiger charge is 2.26. The Labute approximate surface area is 103 Å². The fourth-order valence-electron chi connectivity index (χ4n) is 1.43. The van der Waals surface area contributed by atoms with Crippen molar-refractivity contribution in [3.05, 3.63) is 29.3 Å². The Balaban J connectivity index is 3.36. The van der Waals surface area contributed by atoms with Crippen molar-refractivity contribution < 1.29 is 19.8 Å². The summed E-state index contributed by atoms with van der Waals surface area (Å²) < 4.78 is 0. The van der Waals surface area contributed by atoms with Crippen molar-refractivity contribution in [1.82, 2.24) is 0 Å². The molecule has 92 valence electrons. The molecule has 2 unspecified atom stereocenters. The fourth-order valence-corrected chi connectivity index (χ4v) is 1.54. The number of carbonyl (C=O) groups is 2. The molecule has 0 aliphatic carbocycles. The second kappa shape index (κ2) is 5.16. The molecule has 6 heteroatoms. The molecule has 17 heavy (non-hydrogen) atoms. The number of ketones is 1. The van der Waals surface area contributed by atoms with Crippen molar-refractivity contribution in [2.45, 2.75) is 18.4 Å². The van der Waals surface area contributed by atoms with Gasteiger partial charge in [0.15, 0.2) is 11.9 Å². The van der Waals surface area contributed by atoms with E-state index in [1.807, 2.05) is 0 Å². The third-order valence-electron chi connectivity index (χ3n) is 2.27. The van der Waals surface area contributed by atoms with Gasteiger partial charge in [-0.3, -0.25) is 4.79 Å². The predicted molar refractivity (Wildman–Crippen MR) is 63.1 cm³/mol. The van der Waals surface area contributed by atoms with E-state index in [0.29, 0.717) is 0 Å². The molecule has 4 N–H and O–H groups in total. The highest BCUT2D eigenvalue weighted by atomic mass is 35.5. The van der Waals surface area contributed by atoms with E-state index in [9.17, 15) is 14.7 Å². The van der Waals surface area contributed by atoms with Crippen LogP contribution in [0, 0.1) is 0 Å². The molecular weight excluding hydrogens is 246 g/mol. The van der Waals surface area contributed by atoms with Crippen molar-refractivity contribution in [2.75, 3.05) is 5.73 Å². The van der Waals surface area contributed by atoms with E-state index >= 15 is 0 Å². The number of benzene rings is 1. The van der Waals surface area contributed by atoms with Gasteiger partial charge in [0.1, 0.15) is 0 Å². The molecule has 0 heterocycles. The lowest BCUT2D eigenvalue weighted by atomic mass is 9.96. The number of Topliss-reactive ketones (excluding diaryl/α,β-unsaturated/α-hetero) is 1. The molecule has 1 aromatic carbocycles. The van der Waals surface area contributed by atoms with Crippen LogP contribution in [-0.4, -0.2) is 27.3 Å². The lowest BCUT2D eigenvalue weighted by Crippen LogP contribution is -2.20. The van der Waals surface area contributed by atoms with Crippen LogP contribution in [0.25, 0.3) is 0 Å². The van der Waals surface area contributed by atoms with E-state index in [-0.39, 0.29) is 16.8 Å². The molecule has 0 radical (unpaired) electrons. The number of carbonyl (C=O) groups excluding carboxylic acids is 1. The second-order valence-electron chi connectivity index (χ2n) is 3.53. The van der Waals surface area contributed by atoms with Gasteiger partial charge in [-0.2, -0.15) is 0 Å². The van der Waals surface area contributed by atoms with E-state index < -0.39 is 23.2 Å². The second-order valence-corrected chi connectivity index (χ2v) is 4.19. The van der Waals surface area contributed by atoms with Gasteiger partial charge >= 0.3 is 5.97 Å². The average Bonchev–Trinajstić information content (AvgIpc) is 2.26. The van der Waals surface area contributed by atoms with Gasteiger partial charge in [-0.1, -0.05) is 12.1 Å². The van der Waals surface area contributed by atoms with Crippen LogP contribution in [0.4, 0.5) is 5.69 Å². The SMILES string of the molecule is CC(Cl)C(=O)c1c(N)cccc1C(O)C(=O)O. The third-order valence-corrected chi connectivity index (χ3v) is 2.46. The van der Waals surface area contributed by atoms with Crippen molar-refractivity contribution in [3.63, 3.8) is 0 Å². The molecular formula is C11H12ClNO4. The molecule has 1 rings (SSSR count). The topological polar surface area (TPSA) is 101 Å². The molecule has 0 saturated carbocycles.